The highest BCUT2D eigenvalue weighted by Gasteiger charge is 2.46. The fraction of sp³-hybridized carbons (Fsp3) is 0.435. The molecule has 2 aliphatic heterocycles. The molecule has 0 spiro atoms. The Labute approximate surface area is 419 Å². The summed E-state index contributed by atoms with van der Waals surface area (Å²) in [6.07, 6.45) is 12.7. The van der Waals surface area contributed by atoms with Crippen molar-refractivity contribution in [1.82, 2.24) is 10.3 Å². The minimum Gasteiger partial charge on any atom is -0.356 e. The Morgan fingerprint density at radius 2 is 1.44 bits per heavy atom. The predicted octanol–water partition coefficient (Wildman–Crippen LogP) is 6.58. The van der Waals surface area contributed by atoms with Gasteiger partial charge < -0.3 is 15.5 Å². The predicted molar refractivity (Wildman–Crippen MR) is 270 cm³/mol. The largest absolute Gasteiger partial charge is 0.356 e. The first-order chi connectivity index (χ1) is 33.6. The maximum atomic E-state index is 12.7. The van der Waals surface area contributed by atoms with Crippen molar-refractivity contribution >= 4 is 75.1 Å². The van der Waals surface area contributed by atoms with Gasteiger partial charge in [0, 0.05) is 77.5 Å². The van der Waals surface area contributed by atoms with Gasteiger partial charge in [0.15, 0.2) is 5.71 Å². The number of pyridine rings is 1. The number of carbonyl (C=O) groups excluding carboxylic acids is 2. The number of fused-ring (bicyclic) bond motifs is 2. The summed E-state index contributed by atoms with van der Waals surface area (Å²) >= 11 is 0. The van der Waals surface area contributed by atoms with Crippen LogP contribution in [0, 0.1) is 0 Å². The Kier molecular flexibility index (Phi) is 18.9. The zero-order valence-corrected chi connectivity index (χ0v) is 43.1. The van der Waals surface area contributed by atoms with Crippen LogP contribution < -0.4 is 15.5 Å². The number of anilines is 2. The molecule has 1 atom stereocenters. The van der Waals surface area contributed by atoms with Crippen molar-refractivity contribution in [3.05, 3.63) is 118 Å². The van der Waals surface area contributed by atoms with E-state index in [0.29, 0.717) is 83.9 Å². The minimum atomic E-state index is -4.64. The number of carbonyl (C=O) groups is 2. The molecule has 1 unspecified atom stereocenters. The van der Waals surface area contributed by atoms with E-state index in [2.05, 4.69) is 25.6 Å². The lowest BCUT2D eigenvalue weighted by Gasteiger charge is -2.30. The molecule has 2 aliphatic rings. The molecule has 26 heteroatoms. The van der Waals surface area contributed by atoms with E-state index >= 15 is 0 Å². The third-order valence-electron chi connectivity index (χ3n) is 12.4. The van der Waals surface area contributed by atoms with Gasteiger partial charge in [-0.15, -0.1) is 0 Å². The lowest BCUT2D eigenvalue weighted by atomic mass is 9.77. The summed E-state index contributed by atoms with van der Waals surface area (Å²) in [4.78, 5) is 33.3. The van der Waals surface area contributed by atoms with Crippen molar-refractivity contribution in [2.24, 2.45) is 5.11 Å². The van der Waals surface area contributed by atoms with Gasteiger partial charge in [-0.1, -0.05) is 36.2 Å². The molecular weight excluding hydrogens is 1020 g/mol. The van der Waals surface area contributed by atoms with Crippen LogP contribution in [0.15, 0.2) is 106 Å². The van der Waals surface area contributed by atoms with E-state index < -0.39 is 62.8 Å². The number of nitrogens with zero attached hydrogens (tertiary/aromatic N) is 6. The third kappa shape index (κ3) is 15.6. The first-order valence-electron chi connectivity index (χ1n) is 22.8. The molecule has 1 aromatic heterocycles. The SMILES string of the molecule is CC1(C)C(C=CC=CC=C2N(CCCCCC(=O)NCCC(=O)Nc3ccc(CN=[N+]=[N-])nc3)c3ccc(S(=O)(=O)O)cc3C2(C)CCCCS(=O)(=O)O)=[N+](CCCS(=O)(=O)O)c2ccc(S(=O)(=O)O)cc21. The molecule has 3 heterocycles. The summed E-state index contributed by atoms with van der Waals surface area (Å²) in [7, 11) is -17.8. The van der Waals surface area contributed by atoms with E-state index in [1.54, 1.807) is 42.5 Å². The maximum absolute atomic E-state index is 12.7. The Morgan fingerprint density at radius 1 is 0.778 bits per heavy atom. The number of azide groups is 1. The smallest absolute Gasteiger partial charge is 0.294 e. The van der Waals surface area contributed by atoms with Crippen molar-refractivity contribution in [2.45, 2.75) is 106 Å². The second-order valence-electron chi connectivity index (χ2n) is 18.0. The molecule has 0 radical (unpaired) electrons. The summed E-state index contributed by atoms with van der Waals surface area (Å²) in [6, 6.07) is 11.6. The minimum absolute atomic E-state index is 0.0120. The number of hydrogen-bond acceptors (Lipinski definition) is 13. The van der Waals surface area contributed by atoms with Crippen LogP contribution in [-0.4, -0.2) is 110 Å². The second kappa shape index (κ2) is 23.8. The van der Waals surface area contributed by atoms with Crippen LogP contribution in [0.5, 0.6) is 0 Å². The van der Waals surface area contributed by atoms with Crippen LogP contribution in [0.4, 0.5) is 17.1 Å². The molecule has 2 amide bonds. The lowest BCUT2D eigenvalue weighted by Crippen LogP contribution is -2.29. The molecule has 0 saturated heterocycles. The zero-order chi connectivity index (χ0) is 53.1. The van der Waals surface area contributed by atoms with Crippen molar-refractivity contribution in [1.29, 1.82) is 0 Å². The van der Waals surface area contributed by atoms with Crippen molar-refractivity contribution < 1.29 is 66.0 Å². The molecule has 22 nitrogen and oxygen atoms in total. The molecule has 72 heavy (non-hydrogen) atoms. The topological polar surface area (TPSA) is 344 Å². The first-order valence-corrected chi connectivity index (χ1v) is 28.9. The summed E-state index contributed by atoms with van der Waals surface area (Å²) in [5, 5.41) is 8.87. The molecule has 0 fully saturated rings. The monoisotopic (exact) mass is 1080 g/mol. The van der Waals surface area contributed by atoms with Crippen LogP contribution in [0.25, 0.3) is 10.4 Å². The van der Waals surface area contributed by atoms with Gasteiger partial charge in [-0.25, -0.2) is 0 Å². The van der Waals surface area contributed by atoms with Crippen molar-refractivity contribution in [3.63, 3.8) is 0 Å². The number of unbranched alkanes of at least 4 members (excludes halogenated alkanes) is 3. The standard InChI is InChI=1S/C46H58N8O14S4/c1-45(2)37-29-35(71(63,64)65)18-20-39(37)53(26-12-28-70(60,61)62)41(45)13-6-4-7-14-42-46(3,23-9-11-27-69(57,58)59)38-30-36(72(66,67)68)19-21-40(38)54(42)25-10-5-8-15-43(55)48-24-22-44(56)51-34-17-16-33(49-31-34)32-50-52-47/h4,6-7,13-14,16-21,29-31H,5,8-12,15,22-28,32H2,1-3H3,(H5-,48,51,55,56,57,58,59,60,61,62,63,64,65,66,67,68)/p+1. The van der Waals surface area contributed by atoms with Gasteiger partial charge in [-0.2, -0.15) is 38.2 Å². The molecule has 6 N–H and O–H groups in total. The highest BCUT2D eigenvalue weighted by atomic mass is 32.2. The highest BCUT2D eigenvalue weighted by molar-refractivity contribution is 7.86. The fourth-order valence-corrected chi connectivity index (χ4v) is 10.9. The number of allylic oxidation sites excluding steroid dienone is 6. The normalized spacial score (nSPS) is 17.4. The van der Waals surface area contributed by atoms with Crippen LogP contribution in [-0.2, 0) is 67.4 Å². The summed E-state index contributed by atoms with van der Waals surface area (Å²) in [6.45, 7) is 6.24. The summed E-state index contributed by atoms with van der Waals surface area (Å²) in [5.41, 5.74) is 11.3. The van der Waals surface area contributed by atoms with Crippen LogP contribution in [0.3, 0.4) is 0 Å². The Hall–Kier alpha value is -5.83. The Bertz CT molecular complexity index is 3170. The third-order valence-corrected chi connectivity index (χ3v) is 15.7. The van der Waals surface area contributed by atoms with E-state index in [0.717, 1.165) is 0 Å². The van der Waals surface area contributed by atoms with Gasteiger partial charge in [0.1, 0.15) is 6.54 Å². The number of amides is 2. The molecule has 0 aliphatic carbocycles. The molecule has 3 aromatic rings. The van der Waals surface area contributed by atoms with Crippen LogP contribution >= 0.6 is 0 Å². The van der Waals surface area contributed by atoms with Gasteiger partial charge in [0.2, 0.25) is 17.5 Å². The average Bonchev–Trinajstić information content (AvgIpc) is 3.64. The van der Waals surface area contributed by atoms with Gasteiger partial charge in [0.25, 0.3) is 40.5 Å². The molecule has 2 aromatic carbocycles. The number of benzene rings is 2. The van der Waals surface area contributed by atoms with Crippen LogP contribution in [0.2, 0.25) is 0 Å². The van der Waals surface area contributed by atoms with E-state index in [1.807, 2.05) is 36.3 Å². The zero-order valence-electron chi connectivity index (χ0n) is 39.9. The van der Waals surface area contributed by atoms with Gasteiger partial charge in [0.05, 0.1) is 45.1 Å². The molecule has 5 rings (SSSR count). The van der Waals surface area contributed by atoms with Crippen LogP contribution in [0.1, 0.15) is 95.4 Å². The average molecular weight is 1080 g/mol. The maximum Gasteiger partial charge on any atom is 0.294 e. The van der Waals surface area contributed by atoms with E-state index in [-0.39, 0.29) is 66.9 Å². The Morgan fingerprint density at radius 3 is 2.08 bits per heavy atom. The lowest BCUT2D eigenvalue weighted by molar-refractivity contribution is -0.437. The first kappa shape index (κ1) is 57.1. The number of hydrogen-bond donors (Lipinski definition) is 6. The van der Waals surface area contributed by atoms with Gasteiger partial charge >= 0.3 is 0 Å². The molecule has 0 saturated carbocycles. The van der Waals surface area contributed by atoms with Crippen molar-refractivity contribution in [3.8, 4) is 0 Å². The van der Waals surface area contributed by atoms with E-state index in [1.165, 1.54) is 36.5 Å². The molecule has 390 valence electrons. The van der Waals surface area contributed by atoms with Crippen molar-refractivity contribution in [2.75, 3.05) is 41.4 Å². The summed E-state index contributed by atoms with van der Waals surface area (Å²) in [5.74, 6) is -1.61. The van der Waals surface area contributed by atoms with Gasteiger partial charge in [-0.3, -0.25) is 32.8 Å². The van der Waals surface area contributed by atoms with E-state index in [9.17, 15) is 61.5 Å². The number of aromatic nitrogens is 1. The molecule has 0 bridgehead atoms. The highest BCUT2D eigenvalue weighted by Crippen LogP contribution is 2.51. The number of nitrogens with one attached hydrogen (secondary N) is 2. The Balaban J connectivity index is 1.35. The molecular formula is C46H59N8O14S4+. The summed E-state index contributed by atoms with van der Waals surface area (Å²) < 4.78 is 136. The number of rotatable bonds is 26. The second-order valence-corrected chi connectivity index (χ2v) is 24.0. The fourth-order valence-electron chi connectivity index (χ4n) is 8.83. The van der Waals surface area contributed by atoms with Gasteiger partial charge in [-0.05, 0) is 106 Å². The van der Waals surface area contributed by atoms with E-state index in [4.69, 9.17) is 5.53 Å². The quantitative estimate of drug-likeness (QED) is 0.00940.